The summed E-state index contributed by atoms with van der Waals surface area (Å²) in [5.74, 6) is 3.26. The molecular formula is C23H28N4O2S. The van der Waals surface area contributed by atoms with E-state index >= 15 is 0 Å². The maximum Gasteiger partial charge on any atom is 0.233 e. The molecule has 2 unspecified atom stereocenters. The van der Waals surface area contributed by atoms with Crippen LogP contribution in [0.3, 0.4) is 0 Å². The molecule has 1 aromatic carbocycles. The highest BCUT2D eigenvalue weighted by Crippen LogP contribution is 2.28. The second-order valence-corrected chi connectivity index (χ2v) is 9.26. The molecule has 1 aliphatic rings. The van der Waals surface area contributed by atoms with Crippen LogP contribution >= 0.6 is 11.8 Å². The number of carbonyl (C=O) groups excluding carboxylic acids is 1. The van der Waals surface area contributed by atoms with Crippen LogP contribution in [0, 0.1) is 18.8 Å². The van der Waals surface area contributed by atoms with Gasteiger partial charge in [-0.05, 0) is 42.9 Å². The van der Waals surface area contributed by atoms with E-state index in [1.165, 1.54) is 18.2 Å². The van der Waals surface area contributed by atoms with E-state index in [2.05, 4.69) is 37.0 Å². The van der Waals surface area contributed by atoms with Crippen molar-refractivity contribution in [3.8, 4) is 11.4 Å². The zero-order valence-electron chi connectivity index (χ0n) is 17.7. The van der Waals surface area contributed by atoms with E-state index in [1.54, 1.807) is 6.26 Å². The monoisotopic (exact) mass is 424 g/mol. The fourth-order valence-electron chi connectivity index (χ4n) is 4.20. The summed E-state index contributed by atoms with van der Waals surface area (Å²) in [7, 11) is 0. The van der Waals surface area contributed by atoms with E-state index in [1.807, 2.05) is 39.8 Å². The number of nitrogens with zero attached hydrogens (tertiary/aromatic N) is 4. The number of amides is 1. The molecule has 3 heterocycles. The molecule has 0 radical (unpaired) electrons. The Morgan fingerprint density at radius 3 is 2.60 bits per heavy atom. The predicted molar refractivity (Wildman–Crippen MR) is 118 cm³/mol. The molecule has 0 N–H and O–H groups in total. The normalized spacial score (nSPS) is 19.2. The number of thioether (sulfide) groups is 1. The lowest BCUT2D eigenvalue weighted by Crippen LogP contribution is -2.43. The van der Waals surface area contributed by atoms with Crippen LogP contribution in [0.4, 0.5) is 0 Å². The highest BCUT2D eigenvalue weighted by molar-refractivity contribution is 7.99. The van der Waals surface area contributed by atoms with Gasteiger partial charge in [0.05, 0.1) is 18.6 Å². The van der Waals surface area contributed by atoms with Crippen LogP contribution in [-0.2, 0) is 11.3 Å². The molecule has 0 aliphatic carbocycles. The lowest BCUT2D eigenvalue weighted by molar-refractivity contribution is -0.130. The summed E-state index contributed by atoms with van der Waals surface area (Å²) < 4.78 is 7.61. The fraction of sp³-hybridized carbons (Fsp3) is 0.435. The first-order valence-corrected chi connectivity index (χ1v) is 11.4. The molecule has 0 saturated carbocycles. The second-order valence-electron chi connectivity index (χ2n) is 8.32. The third-order valence-corrected chi connectivity index (χ3v) is 6.49. The van der Waals surface area contributed by atoms with E-state index in [4.69, 9.17) is 4.42 Å². The number of likely N-dealkylation sites (tertiary alicyclic amines) is 1. The van der Waals surface area contributed by atoms with Crippen molar-refractivity contribution in [2.75, 3.05) is 18.8 Å². The lowest BCUT2D eigenvalue weighted by atomic mass is 9.92. The Labute approximate surface area is 181 Å². The molecule has 1 amide bonds. The molecular weight excluding hydrogens is 396 g/mol. The van der Waals surface area contributed by atoms with Crippen LogP contribution < -0.4 is 0 Å². The minimum absolute atomic E-state index is 0.170. The molecule has 2 aromatic heterocycles. The molecule has 1 fully saturated rings. The summed E-state index contributed by atoms with van der Waals surface area (Å²) in [5.41, 5.74) is 2.17. The highest BCUT2D eigenvalue weighted by atomic mass is 32.2. The quantitative estimate of drug-likeness (QED) is 0.546. The average molecular weight is 425 g/mol. The molecule has 2 atom stereocenters. The summed E-state index contributed by atoms with van der Waals surface area (Å²) in [6.45, 7) is 8.72. The van der Waals surface area contributed by atoms with Gasteiger partial charge in [0.15, 0.2) is 11.0 Å². The van der Waals surface area contributed by atoms with Gasteiger partial charge in [0.2, 0.25) is 5.91 Å². The maximum atomic E-state index is 12.9. The Hall–Kier alpha value is -2.54. The number of rotatable bonds is 6. The van der Waals surface area contributed by atoms with Crippen molar-refractivity contribution in [3.63, 3.8) is 0 Å². The van der Waals surface area contributed by atoms with Crippen molar-refractivity contribution < 1.29 is 9.21 Å². The van der Waals surface area contributed by atoms with Gasteiger partial charge in [-0.15, -0.1) is 10.2 Å². The van der Waals surface area contributed by atoms with Gasteiger partial charge in [0.1, 0.15) is 5.76 Å². The van der Waals surface area contributed by atoms with Gasteiger partial charge in [0, 0.05) is 18.7 Å². The fourth-order valence-corrected chi connectivity index (χ4v) is 5.04. The summed E-state index contributed by atoms with van der Waals surface area (Å²) >= 11 is 1.45. The Kier molecular flexibility index (Phi) is 6.27. The number of benzene rings is 1. The number of aromatic nitrogens is 3. The van der Waals surface area contributed by atoms with Crippen LogP contribution in [-0.4, -0.2) is 44.4 Å². The van der Waals surface area contributed by atoms with E-state index in [-0.39, 0.29) is 5.91 Å². The average Bonchev–Trinajstić information content (AvgIpc) is 3.36. The lowest BCUT2D eigenvalue weighted by Gasteiger charge is -2.34. The zero-order chi connectivity index (χ0) is 21.1. The molecule has 6 nitrogen and oxygen atoms in total. The molecule has 158 valence electrons. The number of hydrogen-bond acceptors (Lipinski definition) is 5. The first-order chi connectivity index (χ1) is 14.5. The number of piperidine rings is 1. The summed E-state index contributed by atoms with van der Waals surface area (Å²) in [6.07, 6.45) is 2.86. The summed E-state index contributed by atoms with van der Waals surface area (Å²) in [5, 5.41) is 9.63. The Morgan fingerprint density at radius 1 is 1.13 bits per heavy atom. The Bertz CT molecular complexity index is 989. The van der Waals surface area contributed by atoms with Gasteiger partial charge in [-0.2, -0.15) is 0 Å². The largest absolute Gasteiger partial charge is 0.467 e. The van der Waals surface area contributed by atoms with Crippen molar-refractivity contribution in [1.29, 1.82) is 0 Å². The third-order valence-electron chi connectivity index (χ3n) is 5.54. The number of carbonyl (C=O) groups is 1. The van der Waals surface area contributed by atoms with Crippen molar-refractivity contribution in [2.45, 2.75) is 38.9 Å². The number of hydrogen-bond donors (Lipinski definition) is 0. The van der Waals surface area contributed by atoms with Crippen LogP contribution in [0.1, 0.15) is 31.6 Å². The maximum absolute atomic E-state index is 12.9. The minimum Gasteiger partial charge on any atom is -0.467 e. The molecule has 0 bridgehead atoms. The van der Waals surface area contributed by atoms with Crippen molar-refractivity contribution in [1.82, 2.24) is 19.7 Å². The molecule has 4 rings (SSSR count). The molecule has 0 spiro atoms. The predicted octanol–water partition coefficient (Wildman–Crippen LogP) is 4.49. The Balaban J connectivity index is 1.55. The Morgan fingerprint density at radius 2 is 1.90 bits per heavy atom. The minimum atomic E-state index is 0.170. The van der Waals surface area contributed by atoms with Crippen molar-refractivity contribution in [3.05, 3.63) is 54.0 Å². The second kappa shape index (κ2) is 9.08. The van der Waals surface area contributed by atoms with Crippen LogP contribution in [0.2, 0.25) is 0 Å². The van der Waals surface area contributed by atoms with Crippen molar-refractivity contribution >= 4 is 17.7 Å². The third kappa shape index (κ3) is 4.61. The standard InChI is InChI=1S/C23H28N4O2S/c1-16-11-17(2)13-26(12-16)21(28)15-30-23-25-24-22(20-9-5-4-7-18(20)3)27(23)14-19-8-6-10-29-19/h4-10,16-17H,11-15H2,1-3H3. The van der Waals surface area contributed by atoms with Crippen LogP contribution in [0.15, 0.2) is 52.2 Å². The van der Waals surface area contributed by atoms with Crippen LogP contribution in [0.5, 0.6) is 0 Å². The molecule has 7 heteroatoms. The van der Waals surface area contributed by atoms with E-state index < -0.39 is 0 Å². The van der Waals surface area contributed by atoms with Crippen LogP contribution in [0.25, 0.3) is 11.4 Å². The molecule has 1 aliphatic heterocycles. The van der Waals surface area contributed by atoms with E-state index in [0.29, 0.717) is 24.1 Å². The van der Waals surface area contributed by atoms with Gasteiger partial charge < -0.3 is 9.32 Å². The first kappa shape index (κ1) is 20.7. The smallest absolute Gasteiger partial charge is 0.233 e. The van der Waals surface area contributed by atoms with E-state index in [0.717, 1.165) is 41.0 Å². The summed E-state index contributed by atoms with van der Waals surface area (Å²) in [4.78, 5) is 14.9. The van der Waals surface area contributed by atoms with E-state index in [9.17, 15) is 4.79 Å². The SMILES string of the molecule is Cc1ccccc1-c1nnc(SCC(=O)N2CC(C)CC(C)C2)n1Cc1ccco1. The first-order valence-electron chi connectivity index (χ1n) is 10.4. The zero-order valence-corrected chi connectivity index (χ0v) is 18.6. The van der Waals surface area contributed by atoms with Gasteiger partial charge in [-0.1, -0.05) is 49.9 Å². The van der Waals surface area contributed by atoms with Gasteiger partial charge >= 0.3 is 0 Å². The molecule has 3 aromatic rings. The van der Waals surface area contributed by atoms with Crippen molar-refractivity contribution in [2.24, 2.45) is 11.8 Å². The molecule has 1 saturated heterocycles. The number of furan rings is 1. The van der Waals surface area contributed by atoms with Gasteiger partial charge in [-0.3, -0.25) is 9.36 Å². The van der Waals surface area contributed by atoms with Gasteiger partial charge in [-0.25, -0.2) is 0 Å². The van der Waals surface area contributed by atoms with Gasteiger partial charge in [0.25, 0.3) is 0 Å². The highest BCUT2D eigenvalue weighted by Gasteiger charge is 2.26. The topological polar surface area (TPSA) is 64.2 Å². The summed E-state index contributed by atoms with van der Waals surface area (Å²) in [6, 6.07) is 12.0. The number of aryl methyl sites for hydroxylation is 1. The molecule has 30 heavy (non-hydrogen) atoms.